The SMILES string of the molecule is CCn1ncc2cc(C(=O)NCc3cccc(OCC(=O)NC4CC4)c3)cnc21. The van der Waals surface area contributed by atoms with Crippen LogP contribution in [-0.2, 0) is 17.9 Å². The fourth-order valence-electron chi connectivity index (χ4n) is 3.00. The van der Waals surface area contributed by atoms with Gasteiger partial charge in [-0.3, -0.25) is 9.59 Å². The standard InChI is InChI=1S/C21H23N5O3/c1-2-26-20-15(12-24-26)9-16(11-22-20)21(28)23-10-14-4-3-5-18(8-14)29-13-19(27)25-17-6-7-17/h3-5,8-9,11-12,17H,2,6-7,10,13H2,1H3,(H,23,28)(H,25,27). The van der Waals surface area contributed by atoms with Crippen LogP contribution in [0.25, 0.3) is 11.0 Å². The topological polar surface area (TPSA) is 98.1 Å². The lowest BCUT2D eigenvalue weighted by Gasteiger charge is -2.09. The monoisotopic (exact) mass is 393 g/mol. The number of fused-ring (bicyclic) bond motifs is 1. The van der Waals surface area contributed by atoms with Crippen molar-refractivity contribution in [3.8, 4) is 5.75 Å². The fourth-order valence-corrected chi connectivity index (χ4v) is 3.00. The van der Waals surface area contributed by atoms with Gasteiger partial charge in [0, 0.05) is 30.7 Å². The van der Waals surface area contributed by atoms with Crippen LogP contribution in [0, 0.1) is 0 Å². The van der Waals surface area contributed by atoms with Crippen molar-refractivity contribution in [2.24, 2.45) is 0 Å². The largest absolute Gasteiger partial charge is 0.484 e. The zero-order valence-electron chi connectivity index (χ0n) is 16.2. The Labute approximate surface area is 168 Å². The molecule has 0 saturated heterocycles. The number of aryl methyl sites for hydroxylation is 1. The van der Waals surface area contributed by atoms with Crippen molar-refractivity contribution in [1.82, 2.24) is 25.4 Å². The van der Waals surface area contributed by atoms with Crippen LogP contribution in [0.3, 0.4) is 0 Å². The normalized spacial score (nSPS) is 13.3. The molecule has 1 aliphatic rings. The second kappa shape index (κ2) is 8.30. The number of carbonyl (C=O) groups is 2. The van der Waals surface area contributed by atoms with E-state index in [9.17, 15) is 9.59 Å². The number of hydrogen-bond acceptors (Lipinski definition) is 5. The van der Waals surface area contributed by atoms with Crippen LogP contribution in [0.4, 0.5) is 0 Å². The van der Waals surface area contributed by atoms with Gasteiger partial charge in [0.25, 0.3) is 11.8 Å². The van der Waals surface area contributed by atoms with E-state index in [1.807, 2.05) is 25.1 Å². The van der Waals surface area contributed by atoms with Gasteiger partial charge in [-0.05, 0) is 43.5 Å². The van der Waals surface area contributed by atoms with Crippen LogP contribution in [0.1, 0.15) is 35.7 Å². The molecule has 1 aliphatic carbocycles. The number of pyridine rings is 1. The van der Waals surface area contributed by atoms with Crippen molar-refractivity contribution in [3.63, 3.8) is 0 Å². The molecule has 8 nitrogen and oxygen atoms in total. The third kappa shape index (κ3) is 4.71. The van der Waals surface area contributed by atoms with E-state index in [4.69, 9.17) is 4.74 Å². The van der Waals surface area contributed by atoms with Crippen LogP contribution in [0.15, 0.2) is 42.7 Å². The van der Waals surface area contributed by atoms with Crippen LogP contribution < -0.4 is 15.4 Å². The van der Waals surface area contributed by atoms with Gasteiger partial charge in [0.15, 0.2) is 12.3 Å². The second-order valence-corrected chi connectivity index (χ2v) is 7.06. The number of hydrogen-bond donors (Lipinski definition) is 2. The first-order valence-electron chi connectivity index (χ1n) is 9.73. The zero-order chi connectivity index (χ0) is 20.2. The molecule has 4 rings (SSSR count). The van der Waals surface area contributed by atoms with E-state index >= 15 is 0 Å². The average molecular weight is 393 g/mol. The van der Waals surface area contributed by atoms with Gasteiger partial charge in [-0.25, -0.2) is 9.67 Å². The average Bonchev–Trinajstić information content (AvgIpc) is 3.46. The lowest BCUT2D eigenvalue weighted by Crippen LogP contribution is -2.30. The first-order valence-corrected chi connectivity index (χ1v) is 9.73. The van der Waals surface area contributed by atoms with E-state index in [2.05, 4.69) is 20.7 Å². The van der Waals surface area contributed by atoms with Gasteiger partial charge in [-0.1, -0.05) is 12.1 Å². The number of nitrogens with one attached hydrogen (secondary N) is 2. The number of nitrogens with zero attached hydrogens (tertiary/aromatic N) is 3. The van der Waals surface area contributed by atoms with Gasteiger partial charge in [0.2, 0.25) is 0 Å². The molecule has 2 amide bonds. The van der Waals surface area contributed by atoms with Gasteiger partial charge < -0.3 is 15.4 Å². The molecule has 0 unspecified atom stereocenters. The number of benzene rings is 1. The highest BCUT2D eigenvalue weighted by Gasteiger charge is 2.23. The summed E-state index contributed by atoms with van der Waals surface area (Å²) in [7, 11) is 0. The van der Waals surface area contributed by atoms with E-state index in [-0.39, 0.29) is 18.4 Å². The van der Waals surface area contributed by atoms with Crippen molar-refractivity contribution in [1.29, 1.82) is 0 Å². The van der Waals surface area contributed by atoms with Crippen molar-refractivity contribution in [2.45, 2.75) is 38.9 Å². The zero-order valence-corrected chi connectivity index (χ0v) is 16.2. The maximum atomic E-state index is 12.5. The third-order valence-electron chi connectivity index (χ3n) is 4.70. The Hall–Kier alpha value is -3.42. The highest BCUT2D eigenvalue weighted by molar-refractivity contribution is 5.96. The van der Waals surface area contributed by atoms with Gasteiger partial charge in [-0.2, -0.15) is 5.10 Å². The summed E-state index contributed by atoms with van der Waals surface area (Å²) >= 11 is 0. The minimum absolute atomic E-state index is 0.0105. The minimum Gasteiger partial charge on any atom is -0.484 e. The molecule has 0 bridgehead atoms. The van der Waals surface area contributed by atoms with E-state index < -0.39 is 0 Å². The Morgan fingerprint density at radius 2 is 2.10 bits per heavy atom. The second-order valence-electron chi connectivity index (χ2n) is 7.06. The lowest BCUT2D eigenvalue weighted by atomic mass is 10.2. The van der Waals surface area contributed by atoms with Gasteiger partial charge >= 0.3 is 0 Å². The van der Waals surface area contributed by atoms with E-state index in [0.717, 1.165) is 36.0 Å². The summed E-state index contributed by atoms with van der Waals surface area (Å²) in [6.07, 6.45) is 5.36. The molecule has 3 aromatic rings. The van der Waals surface area contributed by atoms with Gasteiger partial charge in [0.1, 0.15) is 5.75 Å². The molecule has 8 heteroatoms. The number of rotatable bonds is 8. The lowest BCUT2D eigenvalue weighted by molar-refractivity contribution is -0.123. The number of aromatic nitrogens is 3. The van der Waals surface area contributed by atoms with Crippen molar-refractivity contribution < 1.29 is 14.3 Å². The molecule has 1 saturated carbocycles. The number of amides is 2. The fraction of sp³-hybridized carbons (Fsp3) is 0.333. The summed E-state index contributed by atoms with van der Waals surface area (Å²) in [5, 5.41) is 10.8. The Morgan fingerprint density at radius 3 is 2.90 bits per heavy atom. The van der Waals surface area contributed by atoms with Crippen LogP contribution in [0.2, 0.25) is 0 Å². The molecule has 1 aromatic carbocycles. The maximum Gasteiger partial charge on any atom is 0.258 e. The van der Waals surface area contributed by atoms with Gasteiger partial charge in [0.05, 0.1) is 11.8 Å². The van der Waals surface area contributed by atoms with E-state index in [1.165, 1.54) is 0 Å². The highest BCUT2D eigenvalue weighted by Crippen LogP contribution is 2.19. The Bertz CT molecular complexity index is 1040. The van der Waals surface area contributed by atoms with E-state index in [0.29, 0.717) is 23.9 Å². The van der Waals surface area contributed by atoms with Crippen molar-refractivity contribution in [3.05, 3.63) is 53.9 Å². The summed E-state index contributed by atoms with van der Waals surface area (Å²) in [5.41, 5.74) is 2.13. The number of ether oxygens (including phenoxy) is 1. The smallest absolute Gasteiger partial charge is 0.258 e. The van der Waals surface area contributed by atoms with Crippen molar-refractivity contribution in [2.75, 3.05) is 6.61 Å². The molecule has 0 aliphatic heterocycles. The summed E-state index contributed by atoms with van der Waals surface area (Å²) < 4.78 is 7.33. The molecule has 0 atom stereocenters. The van der Waals surface area contributed by atoms with Crippen molar-refractivity contribution >= 4 is 22.8 Å². The van der Waals surface area contributed by atoms with Crippen LogP contribution >= 0.6 is 0 Å². The predicted molar refractivity (Wildman–Crippen MR) is 107 cm³/mol. The molecule has 2 aromatic heterocycles. The predicted octanol–water partition coefficient (Wildman–Crippen LogP) is 2.04. The summed E-state index contributed by atoms with van der Waals surface area (Å²) in [4.78, 5) is 28.6. The summed E-state index contributed by atoms with van der Waals surface area (Å²) in [6.45, 7) is 3.05. The molecule has 1 fully saturated rings. The molecule has 2 heterocycles. The molecule has 150 valence electrons. The minimum atomic E-state index is -0.209. The molecular formula is C21H23N5O3. The Balaban J connectivity index is 1.33. The Morgan fingerprint density at radius 1 is 1.24 bits per heavy atom. The molecule has 2 N–H and O–H groups in total. The number of carbonyl (C=O) groups excluding carboxylic acids is 2. The molecular weight excluding hydrogens is 370 g/mol. The third-order valence-corrected chi connectivity index (χ3v) is 4.70. The quantitative estimate of drug-likeness (QED) is 0.610. The van der Waals surface area contributed by atoms with E-state index in [1.54, 1.807) is 29.2 Å². The molecule has 0 spiro atoms. The molecule has 29 heavy (non-hydrogen) atoms. The Kier molecular flexibility index (Phi) is 5.41. The van der Waals surface area contributed by atoms with Crippen LogP contribution in [-0.4, -0.2) is 39.2 Å². The summed E-state index contributed by atoms with van der Waals surface area (Å²) in [5.74, 6) is 0.275. The highest BCUT2D eigenvalue weighted by atomic mass is 16.5. The molecule has 0 radical (unpaired) electrons. The van der Waals surface area contributed by atoms with Crippen LogP contribution in [0.5, 0.6) is 5.75 Å². The first kappa shape index (κ1) is 18.9. The van der Waals surface area contributed by atoms with Gasteiger partial charge in [-0.15, -0.1) is 0 Å². The summed E-state index contributed by atoms with van der Waals surface area (Å²) in [6, 6.07) is 9.44. The first-order chi connectivity index (χ1) is 14.1. The maximum absolute atomic E-state index is 12.5.